The predicted octanol–water partition coefficient (Wildman–Crippen LogP) is 2.91. The van der Waals surface area contributed by atoms with Crippen molar-refractivity contribution in [3.05, 3.63) is 35.4 Å². The van der Waals surface area contributed by atoms with Crippen LogP contribution in [0.15, 0.2) is 24.3 Å². The highest BCUT2D eigenvalue weighted by molar-refractivity contribution is 5.81. The smallest absolute Gasteiger partial charge is 0.239 e. The van der Waals surface area contributed by atoms with Crippen LogP contribution in [0, 0.1) is 0 Å². The highest BCUT2D eigenvalue weighted by atomic mass is 16.2. The lowest BCUT2D eigenvalue weighted by Gasteiger charge is -2.21. The Labute approximate surface area is 122 Å². The van der Waals surface area contributed by atoms with Gasteiger partial charge < -0.3 is 10.2 Å². The first-order valence-corrected chi connectivity index (χ1v) is 7.69. The summed E-state index contributed by atoms with van der Waals surface area (Å²) in [7, 11) is 0. The maximum atomic E-state index is 12.2. The second kappa shape index (κ2) is 6.89. The van der Waals surface area contributed by atoms with Crippen molar-refractivity contribution in [3.8, 4) is 0 Å². The van der Waals surface area contributed by atoms with Gasteiger partial charge in [0.15, 0.2) is 0 Å². The van der Waals surface area contributed by atoms with E-state index >= 15 is 0 Å². The van der Waals surface area contributed by atoms with E-state index in [2.05, 4.69) is 43.4 Å². The number of amides is 1. The fraction of sp³-hybridized carbons (Fsp3) is 0.588. The van der Waals surface area contributed by atoms with Crippen LogP contribution in [-0.4, -0.2) is 29.9 Å². The van der Waals surface area contributed by atoms with Crippen LogP contribution >= 0.6 is 0 Å². The Bertz CT molecular complexity index is 433. The second-order valence-corrected chi connectivity index (χ2v) is 6.03. The van der Waals surface area contributed by atoms with Gasteiger partial charge in [-0.25, -0.2) is 0 Å². The van der Waals surface area contributed by atoms with Crippen molar-refractivity contribution in [1.29, 1.82) is 0 Å². The molecule has 1 N–H and O–H groups in total. The largest absolute Gasteiger partial charge is 0.341 e. The average Bonchev–Trinajstić information content (AvgIpc) is 2.98. The molecule has 1 saturated heterocycles. The molecule has 0 radical (unpaired) electrons. The summed E-state index contributed by atoms with van der Waals surface area (Å²) in [6.07, 6.45) is 2.30. The van der Waals surface area contributed by atoms with Crippen molar-refractivity contribution in [2.24, 2.45) is 0 Å². The van der Waals surface area contributed by atoms with Crippen LogP contribution in [0.2, 0.25) is 0 Å². The number of carbonyl (C=O) groups excluding carboxylic acids is 1. The zero-order chi connectivity index (χ0) is 14.5. The molecule has 0 aliphatic carbocycles. The van der Waals surface area contributed by atoms with E-state index in [4.69, 9.17) is 0 Å². The minimum atomic E-state index is -0.0992. The summed E-state index contributed by atoms with van der Waals surface area (Å²) in [4.78, 5) is 14.1. The fourth-order valence-corrected chi connectivity index (χ4v) is 2.59. The molecule has 2 rings (SSSR count). The molecule has 1 heterocycles. The Kier molecular flexibility index (Phi) is 5.18. The summed E-state index contributed by atoms with van der Waals surface area (Å²) < 4.78 is 0. The number of hydrogen-bond acceptors (Lipinski definition) is 2. The molecule has 110 valence electrons. The Morgan fingerprint density at radius 3 is 2.30 bits per heavy atom. The van der Waals surface area contributed by atoms with E-state index in [0.29, 0.717) is 5.92 Å². The molecule has 3 heteroatoms. The van der Waals surface area contributed by atoms with Crippen LogP contribution < -0.4 is 5.32 Å². The molecule has 1 fully saturated rings. The summed E-state index contributed by atoms with van der Waals surface area (Å²) in [5.74, 6) is 0.800. The van der Waals surface area contributed by atoms with Crippen LogP contribution in [0.5, 0.6) is 0 Å². The molecule has 1 atom stereocenters. The number of nitrogens with zero attached hydrogens (tertiary/aromatic N) is 1. The van der Waals surface area contributed by atoms with E-state index in [0.717, 1.165) is 32.5 Å². The number of likely N-dealkylation sites (tertiary alicyclic amines) is 1. The van der Waals surface area contributed by atoms with Gasteiger partial charge in [0.2, 0.25) is 5.91 Å². The third-order valence-corrected chi connectivity index (χ3v) is 4.05. The van der Waals surface area contributed by atoms with Crippen molar-refractivity contribution in [2.75, 3.05) is 13.1 Å². The molecular formula is C17H26N2O. The van der Waals surface area contributed by atoms with Crippen LogP contribution in [0.1, 0.15) is 50.7 Å². The zero-order valence-corrected chi connectivity index (χ0v) is 12.9. The average molecular weight is 274 g/mol. The summed E-state index contributed by atoms with van der Waals surface area (Å²) in [6.45, 7) is 8.96. The first kappa shape index (κ1) is 15.0. The van der Waals surface area contributed by atoms with Gasteiger partial charge in [-0.15, -0.1) is 0 Å². The molecule has 0 bridgehead atoms. The lowest BCUT2D eigenvalue weighted by Crippen LogP contribution is -2.43. The van der Waals surface area contributed by atoms with Gasteiger partial charge in [0.25, 0.3) is 0 Å². The maximum absolute atomic E-state index is 12.2. The molecular weight excluding hydrogens is 248 g/mol. The summed E-state index contributed by atoms with van der Waals surface area (Å²) in [5.41, 5.74) is 2.59. The van der Waals surface area contributed by atoms with Crippen molar-refractivity contribution >= 4 is 5.91 Å². The van der Waals surface area contributed by atoms with Crippen molar-refractivity contribution < 1.29 is 4.79 Å². The highest BCUT2D eigenvalue weighted by Crippen LogP contribution is 2.15. The van der Waals surface area contributed by atoms with Gasteiger partial charge in [-0.2, -0.15) is 0 Å². The third-order valence-electron chi connectivity index (χ3n) is 4.05. The van der Waals surface area contributed by atoms with Crippen molar-refractivity contribution in [2.45, 2.75) is 52.1 Å². The molecule has 20 heavy (non-hydrogen) atoms. The number of nitrogens with one attached hydrogen (secondary N) is 1. The molecule has 1 aliphatic rings. The summed E-state index contributed by atoms with van der Waals surface area (Å²) in [6, 6.07) is 8.55. The Morgan fingerprint density at radius 2 is 1.75 bits per heavy atom. The third kappa shape index (κ3) is 3.83. The molecule has 0 saturated carbocycles. The van der Waals surface area contributed by atoms with Gasteiger partial charge in [-0.05, 0) is 36.8 Å². The van der Waals surface area contributed by atoms with Gasteiger partial charge in [0.05, 0.1) is 6.04 Å². The summed E-state index contributed by atoms with van der Waals surface area (Å²) in [5, 5.41) is 3.33. The zero-order valence-electron chi connectivity index (χ0n) is 12.9. The SMILES string of the molecule is CC(NCc1ccc(C(C)C)cc1)C(=O)N1CCCC1. The molecule has 1 aliphatic heterocycles. The van der Waals surface area contributed by atoms with Crippen molar-refractivity contribution in [1.82, 2.24) is 10.2 Å². The Hall–Kier alpha value is -1.35. The first-order chi connectivity index (χ1) is 9.58. The lowest BCUT2D eigenvalue weighted by atomic mass is 10.0. The molecule has 1 aromatic rings. The molecule has 0 aromatic heterocycles. The van der Waals surface area contributed by atoms with Gasteiger partial charge in [0, 0.05) is 19.6 Å². The van der Waals surface area contributed by atoms with Crippen molar-refractivity contribution in [3.63, 3.8) is 0 Å². The second-order valence-electron chi connectivity index (χ2n) is 6.03. The molecule has 0 spiro atoms. The maximum Gasteiger partial charge on any atom is 0.239 e. The summed E-state index contributed by atoms with van der Waals surface area (Å²) >= 11 is 0. The normalized spacial score (nSPS) is 16.7. The number of benzene rings is 1. The van der Waals surface area contributed by atoms with E-state index in [-0.39, 0.29) is 11.9 Å². The minimum Gasteiger partial charge on any atom is -0.341 e. The van der Waals surface area contributed by atoms with E-state index in [1.165, 1.54) is 11.1 Å². The number of carbonyl (C=O) groups is 1. The number of hydrogen-bond donors (Lipinski definition) is 1. The standard InChI is InChI=1S/C17H26N2O/c1-13(2)16-8-6-15(7-9-16)12-18-14(3)17(20)19-10-4-5-11-19/h6-9,13-14,18H,4-5,10-12H2,1-3H3. The lowest BCUT2D eigenvalue weighted by molar-refractivity contribution is -0.131. The quantitative estimate of drug-likeness (QED) is 0.895. The first-order valence-electron chi connectivity index (χ1n) is 7.69. The van der Waals surface area contributed by atoms with Gasteiger partial charge in [-0.1, -0.05) is 38.1 Å². The van der Waals surface area contributed by atoms with E-state index in [1.807, 2.05) is 11.8 Å². The molecule has 1 aromatic carbocycles. The van der Waals surface area contributed by atoms with Gasteiger partial charge in [-0.3, -0.25) is 4.79 Å². The minimum absolute atomic E-state index is 0.0992. The van der Waals surface area contributed by atoms with Crippen LogP contribution in [-0.2, 0) is 11.3 Å². The molecule has 1 unspecified atom stereocenters. The highest BCUT2D eigenvalue weighted by Gasteiger charge is 2.22. The van der Waals surface area contributed by atoms with Crippen LogP contribution in [0.25, 0.3) is 0 Å². The Morgan fingerprint density at radius 1 is 1.15 bits per heavy atom. The van der Waals surface area contributed by atoms with E-state index < -0.39 is 0 Å². The van der Waals surface area contributed by atoms with E-state index in [9.17, 15) is 4.79 Å². The number of rotatable bonds is 5. The topological polar surface area (TPSA) is 32.3 Å². The molecule has 1 amide bonds. The Balaban J connectivity index is 1.83. The van der Waals surface area contributed by atoms with Gasteiger partial charge in [0.1, 0.15) is 0 Å². The van der Waals surface area contributed by atoms with Gasteiger partial charge >= 0.3 is 0 Å². The fourth-order valence-electron chi connectivity index (χ4n) is 2.59. The molecule has 3 nitrogen and oxygen atoms in total. The monoisotopic (exact) mass is 274 g/mol. The van der Waals surface area contributed by atoms with E-state index in [1.54, 1.807) is 0 Å². The predicted molar refractivity (Wildman–Crippen MR) is 82.6 cm³/mol. The van der Waals surface area contributed by atoms with Crippen LogP contribution in [0.3, 0.4) is 0 Å². The van der Waals surface area contributed by atoms with Crippen LogP contribution in [0.4, 0.5) is 0 Å².